The van der Waals surface area contributed by atoms with Gasteiger partial charge in [0.05, 0.1) is 0 Å². The second kappa shape index (κ2) is 4.69. The van der Waals surface area contributed by atoms with Crippen molar-refractivity contribution in [3.63, 3.8) is 0 Å². The zero-order valence-corrected chi connectivity index (χ0v) is 9.79. The van der Waals surface area contributed by atoms with Crippen molar-refractivity contribution in [2.24, 2.45) is 0 Å². The molecule has 16 heavy (non-hydrogen) atoms. The lowest BCUT2D eigenvalue weighted by atomic mass is 10.0. The number of carbonyl (C=O) groups is 1. The van der Waals surface area contributed by atoms with Crippen molar-refractivity contribution in [2.45, 2.75) is 0 Å². The van der Waals surface area contributed by atoms with E-state index in [4.69, 9.17) is 23.2 Å². The summed E-state index contributed by atoms with van der Waals surface area (Å²) in [4.78, 5) is 11.0. The van der Waals surface area contributed by atoms with Crippen LogP contribution in [0.2, 0.25) is 10.0 Å². The highest BCUT2D eigenvalue weighted by Gasteiger charge is 2.07. The normalized spacial score (nSPS) is 10.1. The van der Waals surface area contributed by atoms with Crippen LogP contribution in [0, 0.1) is 0 Å². The molecule has 0 bridgehead atoms. The third-order valence-corrected chi connectivity index (χ3v) is 2.87. The van der Waals surface area contributed by atoms with Crippen LogP contribution in [-0.4, -0.2) is 6.29 Å². The largest absolute Gasteiger partial charge is 0.298 e. The molecule has 0 aromatic heterocycles. The third-order valence-electron chi connectivity index (χ3n) is 2.30. The lowest BCUT2D eigenvalue weighted by Gasteiger charge is -2.07. The Bertz CT molecular complexity index is 535. The molecular weight excluding hydrogens is 243 g/mol. The fourth-order valence-electron chi connectivity index (χ4n) is 1.56. The summed E-state index contributed by atoms with van der Waals surface area (Å²) in [6.45, 7) is 0. The van der Waals surface area contributed by atoms with Crippen LogP contribution >= 0.6 is 23.2 Å². The van der Waals surface area contributed by atoms with E-state index in [0.717, 1.165) is 17.4 Å². The maximum atomic E-state index is 11.0. The van der Waals surface area contributed by atoms with Crippen molar-refractivity contribution in [1.82, 2.24) is 0 Å². The van der Waals surface area contributed by atoms with Crippen LogP contribution in [0.25, 0.3) is 11.1 Å². The Balaban J connectivity index is 2.65. The molecule has 0 atom stereocenters. The maximum absolute atomic E-state index is 11.0. The van der Waals surface area contributed by atoms with E-state index in [-0.39, 0.29) is 0 Å². The van der Waals surface area contributed by atoms with E-state index in [1.54, 1.807) is 24.3 Å². The second-order valence-corrected chi connectivity index (χ2v) is 4.17. The molecule has 0 saturated heterocycles. The van der Waals surface area contributed by atoms with Crippen LogP contribution in [0.5, 0.6) is 0 Å². The van der Waals surface area contributed by atoms with E-state index in [1.807, 2.05) is 18.2 Å². The fourth-order valence-corrected chi connectivity index (χ4v) is 1.97. The number of halogens is 2. The number of hydrogen-bond donors (Lipinski definition) is 0. The first-order chi connectivity index (χ1) is 7.72. The Hall–Kier alpha value is -1.31. The third kappa shape index (κ3) is 2.11. The highest BCUT2D eigenvalue weighted by molar-refractivity contribution is 6.33. The SMILES string of the molecule is O=Cc1cc(Cl)ccc1-c1ccccc1Cl. The number of aldehydes is 1. The monoisotopic (exact) mass is 250 g/mol. The molecule has 3 heteroatoms. The van der Waals surface area contributed by atoms with Gasteiger partial charge in [-0.2, -0.15) is 0 Å². The van der Waals surface area contributed by atoms with E-state index < -0.39 is 0 Å². The summed E-state index contributed by atoms with van der Waals surface area (Å²) >= 11 is 11.9. The molecule has 0 aliphatic carbocycles. The predicted molar refractivity (Wildman–Crippen MR) is 67.3 cm³/mol. The Morgan fingerprint density at radius 3 is 2.38 bits per heavy atom. The number of rotatable bonds is 2. The Labute approximate surface area is 104 Å². The van der Waals surface area contributed by atoms with Gasteiger partial charge in [0.15, 0.2) is 6.29 Å². The number of benzene rings is 2. The molecule has 0 fully saturated rings. The molecule has 0 N–H and O–H groups in total. The molecule has 0 aliphatic rings. The summed E-state index contributed by atoms with van der Waals surface area (Å²) in [5, 5.41) is 1.16. The minimum absolute atomic E-state index is 0.540. The topological polar surface area (TPSA) is 17.1 Å². The first kappa shape index (κ1) is 11.2. The quantitative estimate of drug-likeness (QED) is 0.719. The van der Waals surface area contributed by atoms with Gasteiger partial charge in [-0.1, -0.05) is 47.5 Å². The molecule has 1 nitrogen and oxygen atoms in total. The van der Waals surface area contributed by atoms with Crippen LogP contribution < -0.4 is 0 Å². The first-order valence-electron chi connectivity index (χ1n) is 4.72. The summed E-state index contributed by atoms with van der Waals surface area (Å²) < 4.78 is 0. The van der Waals surface area contributed by atoms with E-state index in [2.05, 4.69) is 0 Å². The summed E-state index contributed by atoms with van der Waals surface area (Å²) in [5.41, 5.74) is 2.17. The molecule has 2 aromatic carbocycles. The van der Waals surface area contributed by atoms with Gasteiger partial charge in [0.1, 0.15) is 0 Å². The van der Waals surface area contributed by atoms with Crippen molar-refractivity contribution in [3.05, 3.63) is 58.1 Å². The highest BCUT2D eigenvalue weighted by Crippen LogP contribution is 2.30. The lowest BCUT2D eigenvalue weighted by molar-refractivity contribution is 0.112. The van der Waals surface area contributed by atoms with Gasteiger partial charge in [0, 0.05) is 21.2 Å². The van der Waals surface area contributed by atoms with Gasteiger partial charge in [0.2, 0.25) is 0 Å². The highest BCUT2D eigenvalue weighted by atomic mass is 35.5. The van der Waals surface area contributed by atoms with Crippen molar-refractivity contribution in [1.29, 1.82) is 0 Å². The standard InChI is InChI=1S/C13H8Cl2O/c14-10-5-6-11(9(7-10)8-16)12-3-1-2-4-13(12)15/h1-8H. The van der Waals surface area contributed by atoms with Gasteiger partial charge in [-0.05, 0) is 23.8 Å². The van der Waals surface area contributed by atoms with Crippen LogP contribution in [0.1, 0.15) is 10.4 Å². The lowest BCUT2D eigenvalue weighted by Crippen LogP contribution is -1.88. The second-order valence-electron chi connectivity index (χ2n) is 3.33. The van der Waals surface area contributed by atoms with Crippen molar-refractivity contribution in [3.8, 4) is 11.1 Å². The van der Waals surface area contributed by atoms with E-state index >= 15 is 0 Å². The molecule has 80 valence electrons. The van der Waals surface area contributed by atoms with Gasteiger partial charge >= 0.3 is 0 Å². The molecule has 0 spiro atoms. The summed E-state index contributed by atoms with van der Waals surface area (Å²) in [5.74, 6) is 0. The smallest absolute Gasteiger partial charge is 0.150 e. The molecule has 0 radical (unpaired) electrons. The van der Waals surface area contributed by atoms with E-state index in [1.165, 1.54) is 0 Å². The predicted octanol–water partition coefficient (Wildman–Crippen LogP) is 4.47. The van der Waals surface area contributed by atoms with Crippen LogP contribution in [0.4, 0.5) is 0 Å². The molecule has 2 aromatic rings. The summed E-state index contributed by atoms with van der Waals surface area (Å²) in [7, 11) is 0. The molecular formula is C13H8Cl2O. The Morgan fingerprint density at radius 2 is 1.69 bits per heavy atom. The Morgan fingerprint density at radius 1 is 0.938 bits per heavy atom. The average Bonchev–Trinajstić information content (AvgIpc) is 2.30. The van der Waals surface area contributed by atoms with E-state index in [9.17, 15) is 4.79 Å². The zero-order chi connectivity index (χ0) is 11.5. The van der Waals surface area contributed by atoms with Gasteiger partial charge in [-0.3, -0.25) is 4.79 Å². The zero-order valence-electron chi connectivity index (χ0n) is 8.28. The fraction of sp³-hybridized carbons (Fsp3) is 0. The van der Waals surface area contributed by atoms with E-state index in [0.29, 0.717) is 15.6 Å². The van der Waals surface area contributed by atoms with Crippen LogP contribution in [-0.2, 0) is 0 Å². The molecule has 0 amide bonds. The van der Waals surface area contributed by atoms with Crippen molar-refractivity contribution in [2.75, 3.05) is 0 Å². The number of carbonyl (C=O) groups excluding carboxylic acids is 1. The van der Waals surface area contributed by atoms with Crippen LogP contribution in [0.15, 0.2) is 42.5 Å². The van der Waals surface area contributed by atoms with Gasteiger partial charge in [-0.25, -0.2) is 0 Å². The maximum Gasteiger partial charge on any atom is 0.150 e. The van der Waals surface area contributed by atoms with Gasteiger partial charge < -0.3 is 0 Å². The summed E-state index contributed by atoms with van der Waals surface area (Å²) in [6.07, 6.45) is 0.782. The van der Waals surface area contributed by atoms with Crippen molar-refractivity contribution >= 4 is 29.5 Å². The van der Waals surface area contributed by atoms with Gasteiger partial charge in [-0.15, -0.1) is 0 Å². The average molecular weight is 251 g/mol. The summed E-state index contributed by atoms with van der Waals surface area (Å²) in [6, 6.07) is 12.6. The number of hydrogen-bond acceptors (Lipinski definition) is 1. The minimum atomic E-state index is 0.540. The van der Waals surface area contributed by atoms with Gasteiger partial charge in [0.25, 0.3) is 0 Å². The van der Waals surface area contributed by atoms with Crippen molar-refractivity contribution < 1.29 is 4.79 Å². The van der Waals surface area contributed by atoms with Crippen LogP contribution in [0.3, 0.4) is 0 Å². The molecule has 0 aliphatic heterocycles. The molecule has 0 saturated carbocycles. The minimum Gasteiger partial charge on any atom is -0.298 e. The molecule has 0 unspecified atom stereocenters. The first-order valence-corrected chi connectivity index (χ1v) is 5.47. The molecule has 0 heterocycles. The molecule has 2 rings (SSSR count). The Kier molecular flexibility index (Phi) is 3.28.